The molecule has 31 heavy (non-hydrogen) atoms. The molecule has 4 heteroatoms. The summed E-state index contributed by atoms with van der Waals surface area (Å²) in [5, 5.41) is 0. The first-order chi connectivity index (χ1) is 15.0. The van der Waals surface area contributed by atoms with Crippen molar-refractivity contribution in [3.63, 3.8) is 0 Å². The highest BCUT2D eigenvalue weighted by molar-refractivity contribution is 5.69. The molecule has 0 aromatic heterocycles. The number of hydrogen-bond acceptors (Lipinski definition) is 1. The lowest BCUT2D eigenvalue weighted by Gasteiger charge is -2.26. The van der Waals surface area contributed by atoms with Gasteiger partial charge >= 0.3 is 0 Å². The van der Waals surface area contributed by atoms with Crippen molar-refractivity contribution in [1.29, 1.82) is 0 Å². The van der Waals surface area contributed by atoms with Crippen LogP contribution in [0.5, 0.6) is 5.75 Å². The Bertz CT molecular complexity index is 850. The smallest absolute Gasteiger partial charge is 0.267 e. The summed E-state index contributed by atoms with van der Waals surface area (Å²) >= 11 is 0. The Balaban J connectivity index is 1.57. The lowest BCUT2D eigenvalue weighted by Crippen LogP contribution is -2.12. The van der Waals surface area contributed by atoms with Crippen LogP contribution in [0, 0.1) is 17.7 Å². The molecular formula is C27H33F3O. The minimum Gasteiger partial charge on any atom is -0.494 e. The summed E-state index contributed by atoms with van der Waals surface area (Å²) in [6.07, 6.45) is 11.6. The minimum atomic E-state index is -2.91. The average molecular weight is 431 g/mol. The summed E-state index contributed by atoms with van der Waals surface area (Å²) < 4.78 is 46.2. The van der Waals surface area contributed by atoms with E-state index in [1.165, 1.54) is 57.8 Å². The number of ether oxygens (including phenoxy) is 1. The maximum absolute atomic E-state index is 14.4. The molecule has 0 amide bonds. The van der Waals surface area contributed by atoms with Crippen molar-refractivity contribution in [3.8, 4) is 16.9 Å². The second kappa shape index (κ2) is 11.4. The van der Waals surface area contributed by atoms with E-state index in [1.807, 2.05) is 12.1 Å². The van der Waals surface area contributed by atoms with Gasteiger partial charge in [-0.1, -0.05) is 56.2 Å². The number of hydrogen-bond donors (Lipinski definition) is 0. The van der Waals surface area contributed by atoms with E-state index in [0.29, 0.717) is 11.5 Å². The largest absolute Gasteiger partial charge is 0.494 e. The molecule has 1 aliphatic carbocycles. The lowest BCUT2D eigenvalue weighted by molar-refractivity contribution is 0.146. The number of methoxy groups -OCH3 is 1. The minimum absolute atomic E-state index is 0.165. The Kier molecular flexibility index (Phi) is 8.62. The Morgan fingerprint density at radius 1 is 1.03 bits per heavy atom. The van der Waals surface area contributed by atoms with Gasteiger partial charge < -0.3 is 4.74 Å². The van der Waals surface area contributed by atoms with Crippen LogP contribution in [0.15, 0.2) is 48.6 Å². The van der Waals surface area contributed by atoms with Crippen LogP contribution in [0.1, 0.15) is 69.4 Å². The van der Waals surface area contributed by atoms with Gasteiger partial charge in [-0.2, -0.15) is 0 Å². The maximum atomic E-state index is 14.4. The van der Waals surface area contributed by atoms with Gasteiger partial charge in [-0.3, -0.25) is 0 Å². The fraction of sp³-hybridized carbons (Fsp3) is 0.481. The number of benzene rings is 2. The van der Waals surface area contributed by atoms with Gasteiger partial charge in [0.25, 0.3) is 6.43 Å². The first-order valence-corrected chi connectivity index (χ1v) is 11.4. The van der Waals surface area contributed by atoms with E-state index in [9.17, 15) is 13.2 Å². The molecule has 1 aliphatic rings. The maximum Gasteiger partial charge on any atom is 0.267 e. The third kappa shape index (κ3) is 6.15. The highest BCUT2D eigenvalue weighted by Gasteiger charge is 2.23. The fourth-order valence-electron chi connectivity index (χ4n) is 4.66. The average Bonchev–Trinajstić information content (AvgIpc) is 2.78. The van der Waals surface area contributed by atoms with Gasteiger partial charge in [0, 0.05) is 0 Å². The van der Waals surface area contributed by atoms with Crippen molar-refractivity contribution in [2.75, 3.05) is 7.11 Å². The van der Waals surface area contributed by atoms with Crippen molar-refractivity contribution in [1.82, 2.24) is 0 Å². The highest BCUT2D eigenvalue weighted by atomic mass is 19.3. The summed E-state index contributed by atoms with van der Waals surface area (Å²) in [6, 6.07) is 10.4. The molecule has 0 atom stereocenters. The third-order valence-corrected chi connectivity index (χ3v) is 6.44. The van der Waals surface area contributed by atoms with Crippen LogP contribution >= 0.6 is 0 Å². The van der Waals surface area contributed by atoms with E-state index in [0.717, 1.165) is 24.3 Å². The second-order valence-corrected chi connectivity index (χ2v) is 8.58. The van der Waals surface area contributed by atoms with E-state index in [4.69, 9.17) is 4.74 Å². The van der Waals surface area contributed by atoms with Crippen molar-refractivity contribution >= 4 is 0 Å². The van der Waals surface area contributed by atoms with Gasteiger partial charge in [0.05, 0.1) is 12.7 Å². The van der Waals surface area contributed by atoms with Crippen LogP contribution in [-0.2, 0) is 6.42 Å². The second-order valence-electron chi connectivity index (χ2n) is 8.58. The first-order valence-electron chi connectivity index (χ1n) is 11.4. The Morgan fingerprint density at radius 2 is 1.74 bits per heavy atom. The Labute approximate surface area is 184 Å². The Hall–Kier alpha value is -2.23. The normalized spacial score (nSPS) is 19.3. The molecule has 1 saturated carbocycles. The molecule has 0 N–H and O–H groups in total. The lowest BCUT2D eigenvalue weighted by atomic mass is 9.80. The van der Waals surface area contributed by atoms with Crippen molar-refractivity contribution in [2.45, 2.75) is 64.7 Å². The van der Waals surface area contributed by atoms with Gasteiger partial charge in [0.1, 0.15) is 0 Å². The summed E-state index contributed by atoms with van der Waals surface area (Å²) in [7, 11) is 1.27. The summed E-state index contributed by atoms with van der Waals surface area (Å²) in [5.74, 6) is 0.486. The van der Waals surface area contributed by atoms with Crippen LogP contribution < -0.4 is 4.74 Å². The number of rotatable bonds is 9. The predicted octanol–water partition coefficient (Wildman–Crippen LogP) is 8.53. The third-order valence-electron chi connectivity index (χ3n) is 6.44. The SMILES string of the molecule is CCCC1CCC(/C=C/CCc2ccc(-c3ccc(OC)c(F)c3C(F)F)cc2)CC1. The predicted molar refractivity (Wildman–Crippen MR) is 121 cm³/mol. The molecule has 0 aliphatic heterocycles. The van der Waals surface area contributed by atoms with Gasteiger partial charge in [-0.25, -0.2) is 13.2 Å². The van der Waals surface area contributed by atoms with Crippen LogP contribution in [0.3, 0.4) is 0 Å². The molecule has 3 rings (SSSR count). The number of halogens is 3. The molecule has 1 fully saturated rings. The molecule has 0 spiro atoms. The quantitative estimate of drug-likeness (QED) is 0.362. The highest BCUT2D eigenvalue weighted by Crippen LogP contribution is 2.37. The first kappa shape index (κ1) is 23.4. The van der Waals surface area contributed by atoms with Gasteiger partial charge in [0.2, 0.25) is 0 Å². The van der Waals surface area contributed by atoms with E-state index in [1.54, 1.807) is 12.1 Å². The molecule has 1 nitrogen and oxygen atoms in total. The summed E-state index contributed by atoms with van der Waals surface area (Å²) in [6.45, 7) is 2.27. The molecule has 0 bridgehead atoms. The van der Waals surface area contributed by atoms with Gasteiger partial charge in [-0.15, -0.1) is 0 Å². The fourth-order valence-corrected chi connectivity index (χ4v) is 4.66. The molecule has 2 aromatic carbocycles. The van der Waals surface area contributed by atoms with E-state index < -0.39 is 17.8 Å². The molecule has 0 saturated heterocycles. The zero-order valence-corrected chi connectivity index (χ0v) is 18.5. The molecule has 2 aromatic rings. The molecular weight excluding hydrogens is 397 g/mol. The summed E-state index contributed by atoms with van der Waals surface area (Å²) in [5.41, 5.74) is 1.33. The number of allylic oxidation sites excluding steroid dienone is 2. The van der Waals surface area contributed by atoms with E-state index in [2.05, 4.69) is 19.1 Å². The van der Waals surface area contributed by atoms with Crippen molar-refractivity contribution in [3.05, 3.63) is 65.5 Å². The monoisotopic (exact) mass is 430 g/mol. The van der Waals surface area contributed by atoms with Crippen molar-refractivity contribution < 1.29 is 17.9 Å². The number of aryl methyl sites for hydroxylation is 1. The summed E-state index contributed by atoms with van der Waals surface area (Å²) in [4.78, 5) is 0. The van der Waals surface area contributed by atoms with Gasteiger partial charge in [-0.05, 0) is 79.2 Å². The van der Waals surface area contributed by atoms with Crippen molar-refractivity contribution in [2.24, 2.45) is 11.8 Å². The zero-order chi connectivity index (χ0) is 22.2. The number of alkyl halides is 2. The zero-order valence-electron chi connectivity index (χ0n) is 18.5. The molecule has 0 radical (unpaired) electrons. The van der Waals surface area contributed by atoms with Crippen LogP contribution in [0.25, 0.3) is 11.1 Å². The van der Waals surface area contributed by atoms with E-state index >= 15 is 0 Å². The molecule has 0 heterocycles. The van der Waals surface area contributed by atoms with Crippen LogP contribution in [0.2, 0.25) is 0 Å². The van der Waals surface area contributed by atoms with Gasteiger partial charge in [0.15, 0.2) is 11.6 Å². The Morgan fingerprint density at radius 3 is 2.35 bits per heavy atom. The molecule has 0 unspecified atom stereocenters. The topological polar surface area (TPSA) is 9.23 Å². The van der Waals surface area contributed by atoms with Crippen LogP contribution in [-0.4, -0.2) is 7.11 Å². The van der Waals surface area contributed by atoms with E-state index in [-0.39, 0.29) is 11.3 Å². The van der Waals surface area contributed by atoms with Crippen LogP contribution in [0.4, 0.5) is 13.2 Å². The molecule has 168 valence electrons. The standard InChI is InChI=1S/C27H33F3O/c1-3-6-19-9-11-20(12-10-19)7-4-5-8-21-13-15-22(16-14-21)23-17-18-24(31-2)26(28)25(23)27(29)30/h4,7,13-20,27H,3,5-6,8-12H2,1-2H3/b7-4+.